The minimum absolute atomic E-state index is 0.0544. The van der Waals surface area contributed by atoms with Crippen LogP contribution in [0.2, 0.25) is 10.0 Å². The molecule has 2 N–H and O–H groups in total. The van der Waals surface area contributed by atoms with Gasteiger partial charge in [-0.15, -0.1) is 0 Å². The van der Waals surface area contributed by atoms with E-state index < -0.39 is 14.9 Å². The molecule has 0 aliphatic carbocycles. The SMILES string of the molecule is NS(=O)(=O)CCCCCOc1c(Cl)cc([N+](=O)[O-])cc1Cl. The largest absolute Gasteiger partial charge is 0.490 e. The van der Waals surface area contributed by atoms with Crippen LogP contribution in [0.5, 0.6) is 5.75 Å². The predicted molar refractivity (Wildman–Crippen MR) is 80.4 cm³/mol. The summed E-state index contributed by atoms with van der Waals surface area (Å²) in [7, 11) is -3.44. The Labute approximate surface area is 132 Å². The van der Waals surface area contributed by atoms with Crippen molar-refractivity contribution in [1.29, 1.82) is 0 Å². The van der Waals surface area contributed by atoms with Crippen molar-refractivity contribution in [3.05, 3.63) is 32.3 Å². The Hall–Kier alpha value is -1.09. The van der Waals surface area contributed by atoms with Gasteiger partial charge in [0.05, 0.1) is 27.3 Å². The van der Waals surface area contributed by atoms with E-state index in [0.717, 1.165) is 12.1 Å². The Balaban J connectivity index is 2.48. The molecule has 1 aromatic carbocycles. The molecule has 7 nitrogen and oxygen atoms in total. The Morgan fingerprint density at radius 1 is 1.19 bits per heavy atom. The lowest BCUT2D eigenvalue weighted by Gasteiger charge is -2.09. The van der Waals surface area contributed by atoms with E-state index in [1.54, 1.807) is 0 Å². The van der Waals surface area contributed by atoms with Gasteiger partial charge in [-0.3, -0.25) is 10.1 Å². The first kappa shape index (κ1) is 18.0. The number of nitrogens with two attached hydrogens (primary N) is 1. The zero-order chi connectivity index (χ0) is 16.0. The molecule has 0 radical (unpaired) electrons. The maximum Gasteiger partial charge on any atom is 0.272 e. The fourth-order valence-corrected chi connectivity index (χ4v) is 2.74. The highest BCUT2D eigenvalue weighted by molar-refractivity contribution is 7.89. The summed E-state index contributed by atoms with van der Waals surface area (Å²) in [6.07, 6.45) is 1.63. The van der Waals surface area contributed by atoms with Crippen molar-refractivity contribution in [3.8, 4) is 5.75 Å². The number of hydrogen-bond acceptors (Lipinski definition) is 5. The fourth-order valence-electron chi connectivity index (χ4n) is 1.55. The van der Waals surface area contributed by atoms with Crippen LogP contribution in [0.25, 0.3) is 0 Å². The quantitative estimate of drug-likeness (QED) is 0.437. The van der Waals surface area contributed by atoms with Crippen molar-refractivity contribution in [1.82, 2.24) is 0 Å². The summed E-state index contributed by atoms with van der Waals surface area (Å²) in [4.78, 5) is 10.0. The number of rotatable bonds is 8. The Morgan fingerprint density at radius 3 is 2.24 bits per heavy atom. The highest BCUT2D eigenvalue weighted by atomic mass is 35.5. The molecule has 0 saturated heterocycles. The lowest BCUT2D eigenvalue weighted by Crippen LogP contribution is -2.16. The van der Waals surface area contributed by atoms with Gasteiger partial charge in [0.25, 0.3) is 5.69 Å². The molecule has 1 aromatic rings. The number of nitro groups is 1. The van der Waals surface area contributed by atoms with Gasteiger partial charge in [-0.2, -0.15) is 0 Å². The molecule has 0 fully saturated rings. The number of ether oxygens (including phenoxy) is 1. The molecule has 0 spiro atoms. The van der Waals surface area contributed by atoms with E-state index in [9.17, 15) is 18.5 Å². The van der Waals surface area contributed by atoms with Crippen LogP contribution in [0.3, 0.4) is 0 Å². The Bertz CT molecular complexity index is 598. The van der Waals surface area contributed by atoms with E-state index in [1.807, 2.05) is 0 Å². The molecule has 10 heteroatoms. The molecular weight excluding hydrogens is 343 g/mol. The number of primary sulfonamides is 1. The van der Waals surface area contributed by atoms with E-state index in [2.05, 4.69) is 0 Å². The Kier molecular flexibility index (Phi) is 6.66. The molecule has 0 aliphatic heterocycles. The number of non-ortho nitro benzene ring substituents is 1. The lowest BCUT2D eigenvalue weighted by molar-refractivity contribution is -0.384. The average Bonchev–Trinajstić information content (AvgIpc) is 2.34. The molecule has 0 atom stereocenters. The fraction of sp³-hybridized carbons (Fsp3) is 0.455. The molecule has 0 aliphatic rings. The second kappa shape index (κ2) is 7.79. The standard InChI is InChI=1S/C11H14Cl2N2O5S/c12-9-6-8(15(16)17)7-10(13)11(9)20-4-2-1-3-5-21(14,18)19/h6-7H,1-5H2,(H2,14,18,19). The molecular formula is C11H14Cl2N2O5S. The number of sulfonamides is 1. The molecule has 0 aromatic heterocycles. The first-order valence-electron chi connectivity index (χ1n) is 5.97. The van der Waals surface area contributed by atoms with Crippen molar-refractivity contribution in [3.63, 3.8) is 0 Å². The Morgan fingerprint density at radius 2 is 1.76 bits per heavy atom. The van der Waals surface area contributed by atoms with Crippen LogP contribution in [0.4, 0.5) is 5.69 Å². The van der Waals surface area contributed by atoms with Gasteiger partial charge < -0.3 is 4.74 Å². The van der Waals surface area contributed by atoms with Crippen LogP contribution in [-0.2, 0) is 10.0 Å². The topological polar surface area (TPSA) is 113 Å². The van der Waals surface area contributed by atoms with E-state index >= 15 is 0 Å². The highest BCUT2D eigenvalue weighted by Crippen LogP contribution is 2.36. The minimum atomic E-state index is -3.44. The number of benzene rings is 1. The second-order valence-electron chi connectivity index (χ2n) is 4.27. The van der Waals surface area contributed by atoms with Gasteiger partial charge in [0, 0.05) is 12.1 Å². The van der Waals surface area contributed by atoms with Gasteiger partial charge in [-0.25, -0.2) is 13.6 Å². The van der Waals surface area contributed by atoms with Crippen LogP contribution < -0.4 is 9.88 Å². The smallest absolute Gasteiger partial charge is 0.272 e. The maximum absolute atomic E-state index is 10.7. The van der Waals surface area contributed by atoms with Gasteiger partial charge >= 0.3 is 0 Å². The zero-order valence-corrected chi connectivity index (χ0v) is 13.2. The molecule has 21 heavy (non-hydrogen) atoms. The summed E-state index contributed by atoms with van der Waals surface area (Å²) in [6, 6.07) is 2.31. The third-order valence-electron chi connectivity index (χ3n) is 2.51. The number of nitrogens with zero attached hydrogens (tertiary/aromatic N) is 1. The van der Waals surface area contributed by atoms with Crippen LogP contribution in [0, 0.1) is 10.1 Å². The summed E-state index contributed by atoms with van der Waals surface area (Å²) >= 11 is 11.7. The minimum Gasteiger partial charge on any atom is -0.490 e. The van der Waals surface area contributed by atoms with Crippen molar-refractivity contribution < 1.29 is 18.1 Å². The van der Waals surface area contributed by atoms with Gasteiger partial charge in [-0.1, -0.05) is 23.2 Å². The number of nitro benzene ring substituents is 1. The second-order valence-corrected chi connectivity index (χ2v) is 6.82. The van der Waals surface area contributed by atoms with Gasteiger partial charge in [-0.05, 0) is 19.3 Å². The number of halogens is 2. The normalized spacial score (nSPS) is 11.4. The van der Waals surface area contributed by atoms with E-state index in [1.165, 1.54) is 0 Å². The summed E-state index contributed by atoms with van der Waals surface area (Å²) < 4.78 is 26.8. The molecule has 0 saturated carbocycles. The summed E-state index contributed by atoms with van der Waals surface area (Å²) in [6.45, 7) is 0.266. The predicted octanol–water partition coefficient (Wildman–Crippen LogP) is 2.74. The van der Waals surface area contributed by atoms with E-state index in [4.69, 9.17) is 33.1 Å². The van der Waals surface area contributed by atoms with Gasteiger partial charge in [0.1, 0.15) is 0 Å². The van der Waals surface area contributed by atoms with Gasteiger partial charge in [0.2, 0.25) is 10.0 Å². The third-order valence-corrected chi connectivity index (χ3v) is 3.93. The van der Waals surface area contributed by atoms with Crippen molar-refractivity contribution >= 4 is 38.9 Å². The maximum atomic E-state index is 10.7. The first-order chi connectivity index (χ1) is 9.70. The average molecular weight is 357 g/mol. The van der Waals surface area contributed by atoms with E-state index in [0.29, 0.717) is 19.3 Å². The van der Waals surface area contributed by atoms with Crippen LogP contribution >= 0.6 is 23.2 Å². The van der Waals surface area contributed by atoms with Crippen molar-refractivity contribution in [2.45, 2.75) is 19.3 Å². The van der Waals surface area contributed by atoms with Crippen molar-refractivity contribution in [2.75, 3.05) is 12.4 Å². The molecule has 0 bridgehead atoms. The van der Waals surface area contributed by atoms with Gasteiger partial charge in [0.15, 0.2) is 5.75 Å². The zero-order valence-electron chi connectivity index (χ0n) is 10.9. The lowest BCUT2D eigenvalue weighted by atomic mass is 10.2. The summed E-state index contributed by atoms with van der Waals surface area (Å²) in [5.41, 5.74) is -0.217. The monoisotopic (exact) mass is 356 g/mol. The molecule has 1 rings (SSSR count). The number of hydrogen-bond donors (Lipinski definition) is 1. The summed E-state index contributed by atoms with van der Waals surface area (Å²) in [5.74, 6) is 0.0989. The van der Waals surface area contributed by atoms with Crippen LogP contribution in [-0.4, -0.2) is 25.7 Å². The van der Waals surface area contributed by atoms with E-state index in [-0.39, 0.29) is 33.8 Å². The number of unbranched alkanes of at least 4 members (excludes halogenated alkanes) is 2. The highest BCUT2D eigenvalue weighted by Gasteiger charge is 2.15. The third kappa shape index (κ3) is 6.47. The molecule has 0 unspecified atom stereocenters. The molecule has 118 valence electrons. The van der Waals surface area contributed by atoms with Crippen LogP contribution in [0.1, 0.15) is 19.3 Å². The van der Waals surface area contributed by atoms with Crippen molar-refractivity contribution in [2.24, 2.45) is 5.14 Å². The first-order valence-corrected chi connectivity index (χ1v) is 8.44. The molecule has 0 amide bonds. The molecule has 0 heterocycles. The van der Waals surface area contributed by atoms with Crippen LogP contribution in [0.15, 0.2) is 12.1 Å². The summed E-state index contributed by atoms with van der Waals surface area (Å²) in [5, 5.41) is 15.6.